The van der Waals surface area contributed by atoms with E-state index in [0.717, 1.165) is 9.86 Å². The SMILES string of the molecule is CC(=O)Nc1ccc2c(COC(=O)c3oc4ccc(Br)cc4c3C)cc(=O)oc2c1. The van der Waals surface area contributed by atoms with E-state index in [0.29, 0.717) is 27.8 Å². The lowest BCUT2D eigenvalue weighted by Crippen LogP contribution is -2.09. The van der Waals surface area contributed by atoms with E-state index < -0.39 is 11.6 Å². The van der Waals surface area contributed by atoms with Gasteiger partial charge in [0.25, 0.3) is 0 Å². The summed E-state index contributed by atoms with van der Waals surface area (Å²) in [6, 6.07) is 11.7. The van der Waals surface area contributed by atoms with E-state index in [2.05, 4.69) is 21.2 Å². The molecule has 30 heavy (non-hydrogen) atoms. The molecule has 7 nitrogen and oxygen atoms in total. The number of aryl methyl sites for hydroxylation is 1. The van der Waals surface area contributed by atoms with E-state index in [9.17, 15) is 14.4 Å². The van der Waals surface area contributed by atoms with Gasteiger partial charge >= 0.3 is 11.6 Å². The first-order chi connectivity index (χ1) is 14.3. The van der Waals surface area contributed by atoms with Crippen LogP contribution in [0.4, 0.5) is 5.69 Å². The number of amides is 1. The van der Waals surface area contributed by atoms with Crippen LogP contribution >= 0.6 is 15.9 Å². The van der Waals surface area contributed by atoms with Gasteiger partial charge in [-0.25, -0.2) is 9.59 Å². The van der Waals surface area contributed by atoms with Crippen molar-refractivity contribution in [2.75, 3.05) is 5.32 Å². The summed E-state index contributed by atoms with van der Waals surface area (Å²) in [7, 11) is 0. The number of esters is 1. The zero-order valence-electron chi connectivity index (χ0n) is 16.1. The monoisotopic (exact) mass is 469 g/mol. The molecule has 0 spiro atoms. The number of rotatable bonds is 4. The number of anilines is 1. The van der Waals surface area contributed by atoms with E-state index >= 15 is 0 Å². The van der Waals surface area contributed by atoms with Crippen LogP contribution in [0, 0.1) is 6.92 Å². The highest BCUT2D eigenvalue weighted by Gasteiger charge is 2.20. The number of carbonyl (C=O) groups is 2. The normalized spacial score (nSPS) is 11.0. The van der Waals surface area contributed by atoms with Gasteiger partial charge in [0.2, 0.25) is 11.7 Å². The average molecular weight is 470 g/mol. The van der Waals surface area contributed by atoms with Crippen LogP contribution in [-0.4, -0.2) is 11.9 Å². The van der Waals surface area contributed by atoms with Crippen LogP contribution in [-0.2, 0) is 16.1 Å². The molecule has 0 fully saturated rings. The lowest BCUT2D eigenvalue weighted by molar-refractivity contribution is -0.114. The summed E-state index contributed by atoms with van der Waals surface area (Å²) in [6.45, 7) is 3.03. The number of fused-ring (bicyclic) bond motifs is 2. The third-order valence-corrected chi connectivity index (χ3v) is 5.09. The second-order valence-electron chi connectivity index (χ2n) is 6.76. The van der Waals surface area contributed by atoms with Crippen molar-refractivity contribution < 1.29 is 23.2 Å². The van der Waals surface area contributed by atoms with Crippen LogP contribution in [0.25, 0.3) is 21.9 Å². The smallest absolute Gasteiger partial charge is 0.374 e. The Morgan fingerprint density at radius 3 is 2.60 bits per heavy atom. The Morgan fingerprint density at radius 2 is 1.83 bits per heavy atom. The zero-order valence-corrected chi connectivity index (χ0v) is 17.7. The molecule has 0 aliphatic carbocycles. The number of benzene rings is 2. The van der Waals surface area contributed by atoms with Crippen molar-refractivity contribution in [1.29, 1.82) is 0 Å². The summed E-state index contributed by atoms with van der Waals surface area (Å²) in [6.07, 6.45) is 0. The van der Waals surface area contributed by atoms with Crippen molar-refractivity contribution in [3.05, 3.63) is 74.2 Å². The number of halogens is 1. The van der Waals surface area contributed by atoms with E-state index in [1.54, 1.807) is 31.2 Å². The van der Waals surface area contributed by atoms with Gasteiger partial charge in [-0.3, -0.25) is 4.79 Å². The topological polar surface area (TPSA) is 98.7 Å². The maximum atomic E-state index is 12.6. The van der Waals surface area contributed by atoms with Crippen molar-refractivity contribution >= 4 is 55.4 Å². The molecular weight excluding hydrogens is 454 g/mol. The average Bonchev–Trinajstić information content (AvgIpc) is 3.01. The lowest BCUT2D eigenvalue weighted by atomic mass is 10.1. The summed E-state index contributed by atoms with van der Waals surface area (Å²) < 4.78 is 17.2. The molecular formula is C22H16BrNO6. The molecule has 152 valence electrons. The molecule has 4 rings (SSSR count). The minimum absolute atomic E-state index is 0.114. The number of carbonyl (C=O) groups excluding carboxylic acids is 2. The third kappa shape index (κ3) is 3.86. The van der Waals surface area contributed by atoms with Gasteiger partial charge in [-0.05, 0) is 37.3 Å². The first kappa shape index (κ1) is 19.9. The number of ether oxygens (including phenoxy) is 1. The summed E-state index contributed by atoms with van der Waals surface area (Å²) in [5.74, 6) is -0.755. The number of furan rings is 1. The fourth-order valence-corrected chi connectivity index (χ4v) is 3.59. The molecule has 2 aromatic heterocycles. The molecule has 0 radical (unpaired) electrons. The van der Waals surface area contributed by atoms with Crippen LogP contribution in [0.2, 0.25) is 0 Å². The van der Waals surface area contributed by atoms with Gasteiger partial charge in [-0.1, -0.05) is 15.9 Å². The molecule has 2 heterocycles. The fourth-order valence-electron chi connectivity index (χ4n) is 3.23. The van der Waals surface area contributed by atoms with Gasteiger partial charge in [-0.2, -0.15) is 0 Å². The summed E-state index contributed by atoms with van der Waals surface area (Å²) >= 11 is 3.40. The van der Waals surface area contributed by atoms with Crippen molar-refractivity contribution in [1.82, 2.24) is 0 Å². The van der Waals surface area contributed by atoms with Gasteiger partial charge in [0.1, 0.15) is 17.8 Å². The minimum atomic E-state index is -0.629. The summed E-state index contributed by atoms with van der Waals surface area (Å²) in [5.41, 5.74) is 1.94. The second kappa shape index (κ2) is 7.79. The molecule has 0 aliphatic rings. The molecule has 0 unspecified atom stereocenters. The van der Waals surface area contributed by atoms with Crippen LogP contribution in [0.3, 0.4) is 0 Å². The quantitative estimate of drug-likeness (QED) is 0.336. The van der Waals surface area contributed by atoms with Crippen molar-refractivity contribution in [2.45, 2.75) is 20.5 Å². The minimum Gasteiger partial charge on any atom is -0.455 e. The molecule has 1 N–H and O–H groups in total. The molecule has 2 aromatic carbocycles. The molecule has 0 saturated heterocycles. The second-order valence-corrected chi connectivity index (χ2v) is 7.67. The molecule has 1 amide bonds. The molecule has 0 saturated carbocycles. The Morgan fingerprint density at radius 1 is 1.03 bits per heavy atom. The Labute approximate surface area is 178 Å². The van der Waals surface area contributed by atoms with Crippen LogP contribution in [0.15, 0.2) is 60.6 Å². The first-order valence-electron chi connectivity index (χ1n) is 9.02. The maximum absolute atomic E-state index is 12.6. The maximum Gasteiger partial charge on any atom is 0.374 e. The van der Waals surface area contributed by atoms with Gasteiger partial charge in [-0.15, -0.1) is 0 Å². The number of hydrogen-bond acceptors (Lipinski definition) is 6. The van der Waals surface area contributed by atoms with E-state index in [1.807, 2.05) is 12.1 Å². The van der Waals surface area contributed by atoms with Crippen molar-refractivity contribution in [3.63, 3.8) is 0 Å². The van der Waals surface area contributed by atoms with Gasteiger partial charge in [0.05, 0.1) is 0 Å². The van der Waals surface area contributed by atoms with Gasteiger partial charge in [0.15, 0.2) is 0 Å². The predicted octanol–water partition coefficient (Wildman–Crippen LogP) is 4.93. The molecule has 0 atom stereocenters. The van der Waals surface area contributed by atoms with Crippen LogP contribution in [0.1, 0.15) is 28.6 Å². The summed E-state index contributed by atoms with van der Waals surface area (Å²) in [5, 5.41) is 4.04. The largest absolute Gasteiger partial charge is 0.455 e. The Hall–Kier alpha value is -3.39. The van der Waals surface area contributed by atoms with Crippen LogP contribution < -0.4 is 10.9 Å². The third-order valence-electron chi connectivity index (χ3n) is 4.59. The molecule has 0 bridgehead atoms. The number of nitrogens with one attached hydrogen (secondary N) is 1. The molecule has 0 aliphatic heterocycles. The van der Waals surface area contributed by atoms with Gasteiger partial charge < -0.3 is 18.9 Å². The van der Waals surface area contributed by atoms with Crippen molar-refractivity contribution in [3.8, 4) is 0 Å². The lowest BCUT2D eigenvalue weighted by Gasteiger charge is -2.08. The summed E-state index contributed by atoms with van der Waals surface area (Å²) in [4.78, 5) is 35.8. The van der Waals surface area contributed by atoms with Crippen LogP contribution in [0.5, 0.6) is 0 Å². The molecule has 4 aromatic rings. The van der Waals surface area contributed by atoms with E-state index in [1.165, 1.54) is 13.0 Å². The number of hydrogen-bond donors (Lipinski definition) is 1. The highest BCUT2D eigenvalue weighted by atomic mass is 79.9. The molecule has 8 heteroatoms. The fraction of sp³-hybridized carbons (Fsp3) is 0.136. The zero-order chi connectivity index (χ0) is 21.4. The Kier molecular flexibility index (Phi) is 5.17. The Balaban J connectivity index is 1.62. The Bertz CT molecular complexity index is 1370. The van der Waals surface area contributed by atoms with E-state index in [4.69, 9.17) is 13.6 Å². The highest BCUT2D eigenvalue weighted by Crippen LogP contribution is 2.29. The highest BCUT2D eigenvalue weighted by molar-refractivity contribution is 9.10. The van der Waals surface area contributed by atoms with Gasteiger partial charge in [0, 0.05) is 51.1 Å². The van der Waals surface area contributed by atoms with Crippen molar-refractivity contribution in [2.24, 2.45) is 0 Å². The predicted molar refractivity (Wildman–Crippen MR) is 115 cm³/mol. The van der Waals surface area contributed by atoms with E-state index in [-0.39, 0.29) is 23.9 Å². The standard InChI is InChI=1S/C22H16BrNO6/c1-11-17-8-14(23)3-6-18(17)30-21(11)22(27)28-10-13-7-20(26)29-19-9-15(24-12(2)25)4-5-16(13)19/h3-9H,10H2,1-2H3,(H,24,25). The first-order valence-corrected chi connectivity index (χ1v) is 9.81.